The first-order valence-electron chi connectivity index (χ1n) is 6.76. The molecule has 1 aliphatic rings. The summed E-state index contributed by atoms with van der Waals surface area (Å²) >= 11 is 0. The van der Waals surface area contributed by atoms with Gasteiger partial charge in [-0.2, -0.15) is 0 Å². The van der Waals surface area contributed by atoms with Gasteiger partial charge in [-0.25, -0.2) is 0 Å². The summed E-state index contributed by atoms with van der Waals surface area (Å²) in [6, 6.07) is 2.10. The van der Waals surface area contributed by atoms with E-state index in [4.69, 9.17) is 4.74 Å². The van der Waals surface area contributed by atoms with E-state index >= 15 is 0 Å². The zero-order valence-electron chi connectivity index (χ0n) is 11.6. The molecule has 0 saturated carbocycles. The van der Waals surface area contributed by atoms with Gasteiger partial charge in [-0.3, -0.25) is 9.78 Å². The fraction of sp³-hybridized carbons (Fsp3) is 0.571. The second kappa shape index (κ2) is 6.52. The van der Waals surface area contributed by atoms with Crippen LogP contribution in [0.15, 0.2) is 18.5 Å². The first-order chi connectivity index (χ1) is 9.24. The van der Waals surface area contributed by atoms with E-state index in [2.05, 4.69) is 10.3 Å². The first-order valence-corrected chi connectivity index (χ1v) is 6.76. The summed E-state index contributed by atoms with van der Waals surface area (Å²) in [5.41, 5.74) is 1.49. The normalized spacial score (nSPS) is 16.1. The molecular weight excluding hydrogens is 242 g/mol. The summed E-state index contributed by atoms with van der Waals surface area (Å²) in [6.07, 6.45) is 5.14. The highest BCUT2D eigenvalue weighted by atomic mass is 16.5. The van der Waals surface area contributed by atoms with Crippen molar-refractivity contribution in [2.75, 3.05) is 32.1 Å². The van der Waals surface area contributed by atoms with Crippen LogP contribution >= 0.6 is 0 Å². The molecule has 0 aromatic carbocycles. The molecule has 0 unspecified atom stereocenters. The predicted octanol–water partition coefficient (Wildman–Crippen LogP) is 1.76. The van der Waals surface area contributed by atoms with E-state index in [1.165, 1.54) is 0 Å². The minimum Gasteiger partial charge on any atom is -0.385 e. The second-order valence-electron chi connectivity index (χ2n) is 4.71. The monoisotopic (exact) mass is 263 g/mol. The molecular formula is C14H21N3O2. The highest BCUT2D eigenvalue weighted by Crippen LogP contribution is 2.19. The summed E-state index contributed by atoms with van der Waals surface area (Å²) in [5, 5.41) is 3.20. The highest BCUT2D eigenvalue weighted by molar-refractivity contribution is 5.99. The standard InChI is InChI=1S/C14H21N3O2/c1-3-16-13-4-7-15-10-12(13)14(18)17(2)11-5-8-19-9-6-11/h4,7,10-11H,3,5-6,8-9H2,1-2H3,(H,15,16). The number of rotatable bonds is 4. The third-order valence-electron chi connectivity index (χ3n) is 3.48. The topological polar surface area (TPSA) is 54.5 Å². The van der Waals surface area contributed by atoms with Gasteiger partial charge >= 0.3 is 0 Å². The van der Waals surface area contributed by atoms with Crippen LogP contribution in [0.4, 0.5) is 5.69 Å². The van der Waals surface area contributed by atoms with E-state index in [-0.39, 0.29) is 11.9 Å². The number of carbonyl (C=O) groups excluding carboxylic acids is 1. The SMILES string of the molecule is CCNc1ccncc1C(=O)N(C)C1CCOCC1. The Morgan fingerprint density at radius 2 is 2.26 bits per heavy atom. The minimum atomic E-state index is 0.0240. The van der Waals surface area contributed by atoms with Gasteiger partial charge < -0.3 is 15.0 Å². The van der Waals surface area contributed by atoms with Gasteiger partial charge in [0.2, 0.25) is 0 Å². The van der Waals surface area contributed by atoms with Crippen molar-refractivity contribution in [1.82, 2.24) is 9.88 Å². The Hall–Kier alpha value is -1.62. The molecule has 1 aromatic rings. The molecule has 2 heterocycles. The zero-order chi connectivity index (χ0) is 13.7. The van der Waals surface area contributed by atoms with Gasteiger partial charge in [-0.05, 0) is 25.8 Å². The number of nitrogens with zero attached hydrogens (tertiary/aromatic N) is 2. The number of hydrogen-bond donors (Lipinski definition) is 1. The molecule has 104 valence electrons. The number of nitrogens with one attached hydrogen (secondary N) is 1. The van der Waals surface area contributed by atoms with Crippen LogP contribution < -0.4 is 5.32 Å². The van der Waals surface area contributed by atoms with Crippen molar-refractivity contribution in [3.63, 3.8) is 0 Å². The highest BCUT2D eigenvalue weighted by Gasteiger charge is 2.24. The maximum Gasteiger partial charge on any atom is 0.257 e. The molecule has 0 bridgehead atoms. The van der Waals surface area contributed by atoms with Crippen LogP contribution in [0.5, 0.6) is 0 Å². The molecule has 1 fully saturated rings. The Labute approximate surface area is 114 Å². The molecule has 19 heavy (non-hydrogen) atoms. The summed E-state index contributed by atoms with van der Waals surface area (Å²) in [6.45, 7) is 4.26. The average Bonchev–Trinajstić information content (AvgIpc) is 2.47. The largest absolute Gasteiger partial charge is 0.385 e. The fourth-order valence-corrected chi connectivity index (χ4v) is 2.34. The number of carbonyl (C=O) groups is 1. The van der Waals surface area contributed by atoms with Crippen LogP contribution in [0.1, 0.15) is 30.1 Å². The Morgan fingerprint density at radius 3 is 2.95 bits per heavy atom. The molecule has 0 radical (unpaired) electrons. The van der Waals surface area contributed by atoms with Crippen molar-refractivity contribution in [1.29, 1.82) is 0 Å². The molecule has 1 aliphatic heterocycles. The lowest BCUT2D eigenvalue weighted by Crippen LogP contribution is -2.40. The van der Waals surface area contributed by atoms with Crippen molar-refractivity contribution in [3.8, 4) is 0 Å². The summed E-state index contributed by atoms with van der Waals surface area (Å²) < 4.78 is 5.33. The molecule has 0 aliphatic carbocycles. The van der Waals surface area contributed by atoms with Crippen LogP contribution in [-0.4, -0.2) is 48.6 Å². The fourth-order valence-electron chi connectivity index (χ4n) is 2.34. The van der Waals surface area contributed by atoms with Crippen LogP contribution in [0.2, 0.25) is 0 Å². The predicted molar refractivity (Wildman–Crippen MR) is 74.3 cm³/mol. The van der Waals surface area contributed by atoms with Gasteiger partial charge in [0.25, 0.3) is 5.91 Å². The van der Waals surface area contributed by atoms with Gasteiger partial charge in [-0.15, -0.1) is 0 Å². The third kappa shape index (κ3) is 3.23. The third-order valence-corrected chi connectivity index (χ3v) is 3.48. The molecule has 1 saturated heterocycles. The molecule has 0 atom stereocenters. The average molecular weight is 263 g/mol. The Kier molecular flexibility index (Phi) is 4.74. The lowest BCUT2D eigenvalue weighted by Gasteiger charge is -2.31. The number of pyridine rings is 1. The first kappa shape index (κ1) is 13.8. The van der Waals surface area contributed by atoms with Gasteiger partial charge in [0.05, 0.1) is 11.3 Å². The van der Waals surface area contributed by atoms with Crippen molar-refractivity contribution < 1.29 is 9.53 Å². The molecule has 1 amide bonds. The molecule has 2 rings (SSSR count). The molecule has 5 heteroatoms. The van der Waals surface area contributed by atoms with E-state index in [9.17, 15) is 4.79 Å². The lowest BCUT2D eigenvalue weighted by atomic mass is 10.1. The maximum absolute atomic E-state index is 12.5. The lowest BCUT2D eigenvalue weighted by molar-refractivity contribution is 0.0362. The maximum atomic E-state index is 12.5. The van der Waals surface area contributed by atoms with E-state index < -0.39 is 0 Å². The second-order valence-corrected chi connectivity index (χ2v) is 4.71. The minimum absolute atomic E-state index is 0.0240. The van der Waals surface area contributed by atoms with E-state index in [1.807, 2.05) is 24.9 Å². The molecule has 1 N–H and O–H groups in total. The smallest absolute Gasteiger partial charge is 0.257 e. The molecule has 5 nitrogen and oxygen atoms in total. The van der Waals surface area contributed by atoms with Crippen LogP contribution in [0.3, 0.4) is 0 Å². The van der Waals surface area contributed by atoms with E-state index in [1.54, 1.807) is 12.4 Å². The molecule has 0 spiro atoms. The van der Waals surface area contributed by atoms with E-state index in [0.29, 0.717) is 5.56 Å². The summed E-state index contributed by atoms with van der Waals surface area (Å²) in [7, 11) is 1.86. The van der Waals surface area contributed by atoms with Crippen LogP contribution in [0.25, 0.3) is 0 Å². The number of anilines is 1. The molecule has 1 aromatic heterocycles. The van der Waals surface area contributed by atoms with Crippen molar-refractivity contribution >= 4 is 11.6 Å². The van der Waals surface area contributed by atoms with Gasteiger partial charge in [0.1, 0.15) is 0 Å². The van der Waals surface area contributed by atoms with Gasteiger partial charge in [0.15, 0.2) is 0 Å². The van der Waals surface area contributed by atoms with Crippen molar-refractivity contribution in [2.45, 2.75) is 25.8 Å². The number of amides is 1. The van der Waals surface area contributed by atoms with Gasteiger partial charge in [-0.1, -0.05) is 0 Å². The van der Waals surface area contributed by atoms with Gasteiger partial charge in [0, 0.05) is 45.2 Å². The Bertz CT molecular complexity index is 430. The number of ether oxygens (including phenoxy) is 1. The number of hydrogen-bond acceptors (Lipinski definition) is 4. The summed E-state index contributed by atoms with van der Waals surface area (Å²) in [4.78, 5) is 18.4. The van der Waals surface area contributed by atoms with E-state index in [0.717, 1.165) is 38.3 Å². The van der Waals surface area contributed by atoms with Crippen molar-refractivity contribution in [2.24, 2.45) is 0 Å². The summed E-state index contributed by atoms with van der Waals surface area (Å²) in [5.74, 6) is 0.0240. The Balaban J connectivity index is 2.13. The zero-order valence-corrected chi connectivity index (χ0v) is 11.6. The quantitative estimate of drug-likeness (QED) is 0.899. The van der Waals surface area contributed by atoms with Crippen LogP contribution in [0, 0.1) is 0 Å². The number of aromatic nitrogens is 1. The van der Waals surface area contributed by atoms with Crippen molar-refractivity contribution in [3.05, 3.63) is 24.0 Å². The van der Waals surface area contributed by atoms with Crippen LogP contribution in [-0.2, 0) is 4.74 Å². The Morgan fingerprint density at radius 1 is 1.53 bits per heavy atom.